The van der Waals surface area contributed by atoms with Gasteiger partial charge in [0.25, 0.3) is 10.0 Å². The number of piperazine rings is 1. The van der Waals surface area contributed by atoms with Crippen LogP contribution in [0.1, 0.15) is 0 Å². The largest absolute Gasteiger partial charge is 0.495 e. The van der Waals surface area contributed by atoms with Crippen LogP contribution in [0.4, 0.5) is 11.4 Å². The van der Waals surface area contributed by atoms with Gasteiger partial charge < -0.3 is 19.7 Å². The summed E-state index contributed by atoms with van der Waals surface area (Å²) in [5.41, 5.74) is 0.935. The molecule has 0 amide bonds. The van der Waals surface area contributed by atoms with Crippen LogP contribution in [-0.4, -0.2) is 48.8 Å². The van der Waals surface area contributed by atoms with Gasteiger partial charge in [0.1, 0.15) is 10.8 Å². The lowest BCUT2D eigenvalue weighted by Crippen LogP contribution is -2.43. The monoisotopic (exact) mass is 445 g/mol. The van der Waals surface area contributed by atoms with E-state index in [-0.39, 0.29) is 26.4 Å². The van der Waals surface area contributed by atoms with Gasteiger partial charge in [-0.05, 0) is 30.3 Å². The van der Waals surface area contributed by atoms with Crippen LogP contribution >= 0.6 is 23.2 Å². The van der Waals surface area contributed by atoms with E-state index in [1.807, 2.05) is 0 Å². The van der Waals surface area contributed by atoms with Crippen LogP contribution in [-0.2, 0) is 10.0 Å². The highest BCUT2D eigenvalue weighted by molar-refractivity contribution is 7.92. The topological polar surface area (TPSA) is 79.9 Å². The van der Waals surface area contributed by atoms with Gasteiger partial charge in [-0.25, -0.2) is 8.42 Å². The molecule has 28 heavy (non-hydrogen) atoms. The number of anilines is 2. The molecule has 0 aliphatic carbocycles. The minimum absolute atomic E-state index is 0.106. The van der Waals surface area contributed by atoms with E-state index >= 15 is 0 Å². The minimum atomic E-state index is -3.89. The molecule has 2 aromatic rings. The van der Waals surface area contributed by atoms with Crippen molar-refractivity contribution >= 4 is 44.6 Å². The number of sulfonamides is 1. The molecule has 1 saturated heterocycles. The number of rotatable bonds is 6. The Hall–Kier alpha value is -1.87. The number of nitrogens with zero attached hydrogens (tertiary/aromatic N) is 1. The van der Waals surface area contributed by atoms with Crippen LogP contribution in [0, 0.1) is 0 Å². The Morgan fingerprint density at radius 1 is 1.07 bits per heavy atom. The zero-order valence-electron chi connectivity index (χ0n) is 15.5. The quantitative estimate of drug-likeness (QED) is 0.710. The van der Waals surface area contributed by atoms with E-state index in [0.29, 0.717) is 5.75 Å². The average Bonchev–Trinajstić information content (AvgIpc) is 2.71. The van der Waals surface area contributed by atoms with Gasteiger partial charge in [-0.15, -0.1) is 0 Å². The molecule has 0 saturated carbocycles. The van der Waals surface area contributed by atoms with Crippen molar-refractivity contribution in [2.24, 2.45) is 0 Å². The second kappa shape index (κ2) is 8.65. The van der Waals surface area contributed by atoms with E-state index in [9.17, 15) is 8.42 Å². The lowest BCUT2D eigenvalue weighted by atomic mass is 10.2. The smallest absolute Gasteiger partial charge is 0.262 e. The van der Waals surface area contributed by atoms with Gasteiger partial charge >= 0.3 is 0 Å². The summed E-state index contributed by atoms with van der Waals surface area (Å²) >= 11 is 12.1. The molecule has 2 aromatic carbocycles. The molecule has 1 heterocycles. The summed E-state index contributed by atoms with van der Waals surface area (Å²) in [5, 5.41) is 3.68. The first-order valence-corrected chi connectivity index (χ1v) is 10.8. The minimum Gasteiger partial charge on any atom is -0.495 e. The van der Waals surface area contributed by atoms with Crippen molar-refractivity contribution in [2.75, 3.05) is 50.0 Å². The number of ether oxygens (including phenoxy) is 2. The highest BCUT2D eigenvalue weighted by Crippen LogP contribution is 2.39. The maximum atomic E-state index is 13.0. The molecule has 0 radical (unpaired) electrons. The molecule has 1 fully saturated rings. The molecular formula is C18H21Cl2N3O4S. The summed E-state index contributed by atoms with van der Waals surface area (Å²) in [6.45, 7) is 3.15. The van der Waals surface area contributed by atoms with Gasteiger partial charge in [0.05, 0.1) is 35.5 Å². The first-order valence-electron chi connectivity index (χ1n) is 8.56. The Kier molecular flexibility index (Phi) is 6.44. The van der Waals surface area contributed by atoms with E-state index < -0.39 is 10.0 Å². The Bertz CT molecular complexity index is 964. The second-order valence-corrected chi connectivity index (χ2v) is 8.59. The molecule has 0 bridgehead atoms. The summed E-state index contributed by atoms with van der Waals surface area (Å²) in [6, 6.07) is 7.77. The van der Waals surface area contributed by atoms with Crippen LogP contribution in [0.2, 0.25) is 10.0 Å². The number of halogens is 2. The molecule has 1 aliphatic rings. The van der Waals surface area contributed by atoms with Crippen LogP contribution in [0.3, 0.4) is 0 Å². The third-order valence-electron chi connectivity index (χ3n) is 4.42. The van der Waals surface area contributed by atoms with E-state index in [1.165, 1.54) is 25.3 Å². The van der Waals surface area contributed by atoms with Gasteiger partial charge in [-0.2, -0.15) is 0 Å². The number of hydrogen-bond acceptors (Lipinski definition) is 6. The molecule has 1 aliphatic heterocycles. The van der Waals surface area contributed by atoms with Crippen LogP contribution in [0.5, 0.6) is 11.5 Å². The Balaban J connectivity index is 1.97. The number of nitrogens with one attached hydrogen (secondary N) is 2. The predicted octanol–water partition coefficient (Wildman–Crippen LogP) is 3.22. The Morgan fingerprint density at radius 2 is 1.79 bits per heavy atom. The van der Waals surface area contributed by atoms with E-state index in [1.54, 1.807) is 19.2 Å². The SMILES string of the molecule is COc1ccc(S(=O)(=O)Nc2ccc(Cl)c(Cl)c2OC)cc1N1CCNCC1. The summed E-state index contributed by atoms with van der Waals surface area (Å²) in [7, 11) is -0.934. The standard InChI is InChI=1S/C18H21Cl2N3O4S/c1-26-16-6-3-12(11-15(16)23-9-7-21-8-10-23)28(24,25)22-14-5-4-13(19)17(20)18(14)27-2/h3-6,11,21-22H,7-10H2,1-2H3. The molecule has 0 aromatic heterocycles. The van der Waals surface area contributed by atoms with Gasteiger partial charge in [0, 0.05) is 26.2 Å². The van der Waals surface area contributed by atoms with Crippen molar-refractivity contribution in [3.05, 3.63) is 40.4 Å². The first kappa shape index (κ1) is 20.9. The molecule has 3 rings (SSSR count). The Morgan fingerprint density at radius 3 is 2.43 bits per heavy atom. The maximum absolute atomic E-state index is 13.0. The van der Waals surface area contributed by atoms with Crippen molar-refractivity contribution in [2.45, 2.75) is 4.90 Å². The highest BCUT2D eigenvalue weighted by Gasteiger charge is 2.23. The van der Waals surface area contributed by atoms with E-state index in [4.69, 9.17) is 32.7 Å². The number of benzene rings is 2. The third kappa shape index (κ3) is 4.25. The first-order chi connectivity index (χ1) is 13.4. The van der Waals surface area contributed by atoms with Gasteiger partial charge in [-0.3, -0.25) is 4.72 Å². The van der Waals surface area contributed by atoms with Crippen molar-refractivity contribution in [3.63, 3.8) is 0 Å². The van der Waals surface area contributed by atoms with Crippen molar-refractivity contribution in [1.82, 2.24) is 5.32 Å². The molecule has 7 nitrogen and oxygen atoms in total. The maximum Gasteiger partial charge on any atom is 0.262 e. The molecule has 0 unspecified atom stereocenters. The average molecular weight is 446 g/mol. The molecular weight excluding hydrogens is 425 g/mol. The van der Waals surface area contributed by atoms with Crippen molar-refractivity contribution in [1.29, 1.82) is 0 Å². The fourth-order valence-corrected chi connectivity index (χ4v) is 4.48. The highest BCUT2D eigenvalue weighted by atomic mass is 35.5. The van der Waals surface area contributed by atoms with Gasteiger partial charge in [0.15, 0.2) is 5.75 Å². The second-order valence-electron chi connectivity index (χ2n) is 6.12. The Labute approximate surface area is 174 Å². The zero-order valence-corrected chi connectivity index (χ0v) is 17.8. The summed E-state index contributed by atoms with van der Waals surface area (Å²) in [4.78, 5) is 2.20. The predicted molar refractivity (Wildman–Crippen MR) is 112 cm³/mol. The van der Waals surface area contributed by atoms with Crippen LogP contribution in [0.25, 0.3) is 0 Å². The van der Waals surface area contributed by atoms with Crippen LogP contribution in [0.15, 0.2) is 35.2 Å². The fourth-order valence-electron chi connectivity index (χ4n) is 3.01. The summed E-state index contributed by atoms with van der Waals surface area (Å²) < 4.78 is 39.1. The molecule has 0 spiro atoms. The van der Waals surface area contributed by atoms with Crippen LogP contribution < -0.4 is 24.4 Å². The van der Waals surface area contributed by atoms with Gasteiger partial charge in [0.2, 0.25) is 0 Å². The van der Waals surface area contributed by atoms with E-state index in [0.717, 1.165) is 31.9 Å². The normalized spacial score (nSPS) is 14.6. The zero-order chi connectivity index (χ0) is 20.3. The third-order valence-corrected chi connectivity index (χ3v) is 6.57. The number of methoxy groups -OCH3 is 2. The molecule has 2 N–H and O–H groups in total. The van der Waals surface area contributed by atoms with Crippen molar-refractivity contribution < 1.29 is 17.9 Å². The molecule has 152 valence electrons. The number of hydrogen-bond donors (Lipinski definition) is 2. The van der Waals surface area contributed by atoms with E-state index in [2.05, 4.69) is 14.9 Å². The lowest BCUT2D eigenvalue weighted by Gasteiger charge is -2.30. The molecule has 0 atom stereocenters. The summed E-state index contributed by atoms with van der Waals surface area (Å²) in [5.74, 6) is 0.779. The fraction of sp³-hybridized carbons (Fsp3) is 0.333. The lowest BCUT2D eigenvalue weighted by molar-refractivity contribution is 0.412. The van der Waals surface area contributed by atoms with Gasteiger partial charge in [-0.1, -0.05) is 23.2 Å². The molecule has 10 heteroatoms. The summed E-state index contributed by atoms with van der Waals surface area (Å²) in [6.07, 6.45) is 0. The van der Waals surface area contributed by atoms with Crippen molar-refractivity contribution in [3.8, 4) is 11.5 Å².